The molecule has 2 aromatic carbocycles. The van der Waals surface area contributed by atoms with E-state index in [2.05, 4.69) is 36.2 Å². The van der Waals surface area contributed by atoms with Crippen molar-refractivity contribution in [2.45, 2.75) is 6.92 Å². The van der Waals surface area contributed by atoms with Crippen LogP contribution in [0.4, 0.5) is 0 Å². The summed E-state index contributed by atoms with van der Waals surface area (Å²) in [6, 6.07) is 20.0. The molecule has 0 fully saturated rings. The topological polar surface area (TPSA) is 36.7 Å². The predicted octanol–water partition coefficient (Wildman–Crippen LogP) is 4.59. The Kier molecular flexibility index (Phi) is 3.49. The maximum Gasteiger partial charge on any atom is 0.0991 e. The van der Waals surface area contributed by atoms with Crippen LogP contribution < -0.4 is 0 Å². The van der Waals surface area contributed by atoms with Crippen molar-refractivity contribution in [2.24, 2.45) is 0 Å². The molecular formula is C19H14N2. The number of fused-ring (bicyclic) bond motifs is 1. The standard InChI is InChI=1S/C19H14N2/c1-14-5-10-19-17(11-14)7-9-18(21-19)8-6-15-3-2-4-16(12-15)13-20/h2-12H,1H3/b8-6+. The molecule has 0 atom stereocenters. The van der Waals surface area contributed by atoms with Crippen LogP contribution >= 0.6 is 0 Å². The highest BCUT2D eigenvalue weighted by Crippen LogP contribution is 2.16. The molecular weight excluding hydrogens is 256 g/mol. The van der Waals surface area contributed by atoms with Crippen LogP contribution in [-0.4, -0.2) is 4.98 Å². The Morgan fingerprint density at radius 3 is 2.76 bits per heavy atom. The lowest BCUT2D eigenvalue weighted by Crippen LogP contribution is -1.84. The summed E-state index contributed by atoms with van der Waals surface area (Å²) in [4.78, 5) is 4.62. The number of hydrogen-bond acceptors (Lipinski definition) is 2. The number of nitrogens with zero attached hydrogens (tertiary/aromatic N) is 2. The molecule has 0 saturated heterocycles. The summed E-state index contributed by atoms with van der Waals surface area (Å²) in [5, 5.41) is 10.1. The second kappa shape index (κ2) is 5.60. The minimum absolute atomic E-state index is 0.666. The molecule has 0 N–H and O–H groups in total. The Morgan fingerprint density at radius 2 is 1.90 bits per heavy atom. The van der Waals surface area contributed by atoms with Gasteiger partial charge in [-0.2, -0.15) is 5.26 Å². The largest absolute Gasteiger partial charge is 0.248 e. The summed E-state index contributed by atoms with van der Waals surface area (Å²) < 4.78 is 0. The van der Waals surface area contributed by atoms with Gasteiger partial charge in [0, 0.05) is 5.39 Å². The van der Waals surface area contributed by atoms with E-state index in [1.54, 1.807) is 6.07 Å². The van der Waals surface area contributed by atoms with Crippen molar-refractivity contribution < 1.29 is 0 Å². The Labute approximate surface area is 124 Å². The Morgan fingerprint density at radius 1 is 1.00 bits per heavy atom. The van der Waals surface area contributed by atoms with Crippen molar-refractivity contribution in [2.75, 3.05) is 0 Å². The van der Waals surface area contributed by atoms with E-state index in [9.17, 15) is 0 Å². The first kappa shape index (κ1) is 13.1. The molecule has 0 aliphatic rings. The highest BCUT2D eigenvalue weighted by atomic mass is 14.7. The second-order valence-electron chi connectivity index (χ2n) is 5.00. The molecule has 2 heteroatoms. The highest BCUT2D eigenvalue weighted by Gasteiger charge is 1.97. The molecule has 0 bridgehead atoms. The number of nitriles is 1. The third-order valence-electron chi connectivity index (χ3n) is 3.33. The van der Waals surface area contributed by atoms with Crippen LogP contribution in [0.25, 0.3) is 23.1 Å². The third kappa shape index (κ3) is 2.98. The van der Waals surface area contributed by atoms with Crippen molar-refractivity contribution in [3.8, 4) is 6.07 Å². The molecule has 3 aromatic rings. The van der Waals surface area contributed by atoms with E-state index in [1.807, 2.05) is 42.5 Å². The quantitative estimate of drug-likeness (QED) is 0.683. The minimum atomic E-state index is 0.666. The van der Waals surface area contributed by atoms with Crippen molar-refractivity contribution in [3.63, 3.8) is 0 Å². The number of hydrogen-bond donors (Lipinski definition) is 0. The third-order valence-corrected chi connectivity index (χ3v) is 3.33. The van der Waals surface area contributed by atoms with E-state index in [1.165, 1.54) is 5.56 Å². The number of aromatic nitrogens is 1. The fraction of sp³-hybridized carbons (Fsp3) is 0.0526. The lowest BCUT2D eigenvalue weighted by Gasteiger charge is -2.00. The molecule has 2 nitrogen and oxygen atoms in total. The van der Waals surface area contributed by atoms with Gasteiger partial charge in [0.25, 0.3) is 0 Å². The van der Waals surface area contributed by atoms with E-state index in [0.29, 0.717) is 5.56 Å². The van der Waals surface area contributed by atoms with Crippen LogP contribution in [0.3, 0.4) is 0 Å². The highest BCUT2D eigenvalue weighted by molar-refractivity contribution is 5.81. The van der Waals surface area contributed by atoms with Gasteiger partial charge in [-0.1, -0.05) is 35.9 Å². The van der Waals surface area contributed by atoms with E-state index >= 15 is 0 Å². The molecule has 0 aliphatic heterocycles. The fourth-order valence-corrected chi connectivity index (χ4v) is 2.25. The number of pyridine rings is 1. The molecule has 0 spiro atoms. The van der Waals surface area contributed by atoms with Crippen LogP contribution in [0.15, 0.2) is 54.6 Å². The molecule has 0 radical (unpaired) electrons. The molecule has 0 unspecified atom stereocenters. The normalized spacial score (nSPS) is 10.9. The predicted molar refractivity (Wildman–Crippen MR) is 86.6 cm³/mol. The molecule has 1 heterocycles. The SMILES string of the molecule is Cc1ccc2nc(/C=C/c3cccc(C#N)c3)ccc2c1. The van der Waals surface area contributed by atoms with E-state index < -0.39 is 0 Å². The number of benzene rings is 2. The van der Waals surface area contributed by atoms with Gasteiger partial charge >= 0.3 is 0 Å². The van der Waals surface area contributed by atoms with Gasteiger partial charge in [0.05, 0.1) is 22.8 Å². The zero-order valence-corrected chi connectivity index (χ0v) is 11.7. The van der Waals surface area contributed by atoms with Crippen LogP contribution in [0, 0.1) is 18.3 Å². The first-order valence-electron chi connectivity index (χ1n) is 6.80. The summed E-state index contributed by atoms with van der Waals surface area (Å²) in [5.74, 6) is 0. The van der Waals surface area contributed by atoms with Crippen molar-refractivity contribution in [1.82, 2.24) is 4.98 Å². The Hall–Kier alpha value is -2.92. The first-order chi connectivity index (χ1) is 10.2. The van der Waals surface area contributed by atoms with Gasteiger partial charge in [0.15, 0.2) is 0 Å². The number of aryl methyl sites for hydroxylation is 1. The average molecular weight is 270 g/mol. The molecule has 1 aromatic heterocycles. The monoisotopic (exact) mass is 270 g/mol. The molecule has 100 valence electrons. The van der Waals surface area contributed by atoms with E-state index in [-0.39, 0.29) is 0 Å². The first-order valence-corrected chi connectivity index (χ1v) is 6.80. The van der Waals surface area contributed by atoms with E-state index in [0.717, 1.165) is 22.2 Å². The van der Waals surface area contributed by atoms with Gasteiger partial charge in [-0.3, -0.25) is 0 Å². The second-order valence-corrected chi connectivity index (χ2v) is 5.00. The zero-order valence-electron chi connectivity index (χ0n) is 11.7. The van der Waals surface area contributed by atoms with Gasteiger partial charge in [-0.25, -0.2) is 4.98 Å². The molecule has 21 heavy (non-hydrogen) atoms. The Balaban J connectivity index is 1.92. The molecule has 3 rings (SSSR count). The Bertz CT molecular complexity index is 870. The summed E-state index contributed by atoms with van der Waals surface area (Å²) in [7, 11) is 0. The van der Waals surface area contributed by atoms with Gasteiger partial charge in [-0.05, 0) is 48.9 Å². The minimum Gasteiger partial charge on any atom is -0.248 e. The van der Waals surface area contributed by atoms with Gasteiger partial charge in [0.2, 0.25) is 0 Å². The number of rotatable bonds is 2. The molecule has 0 amide bonds. The van der Waals surface area contributed by atoms with E-state index in [4.69, 9.17) is 5.26 Å². The summed E-state index contributed by atoms with van der Waals surface area (Å²) in [6.45, 7) is 2.08. The lowest BCUT2D eigenvalue weighted by molar-refractivity contribution is 1.36. The zero-order chi connectivity index (χ0) is 14.7. The maximum atomic E-state index is 8.90. The summed E-state index contributed by atoms with van der Waals surface area (Å²) in [5.41, 5.74) is 4.81. The van der Waals surface area contributed by atoms with Gasteiger partial charge in [0.1, 0.15) is 0 Å². The van der Waals surface area contributed by atoms with Gasteiger partial charge in [-0.15, -0.1) is 0 Å². The van der Waals surface area contributed by atoms with Crippen molar-refractivity contribution >= 4 is 23.1 Å². The van der Waals surface area contributed by atoms with Crippen LogP contribution in [0.2, 0.25) is 0 Å². The maximum absolute atomic E-state index is 8.90. The van der Waals surface area contributed by atoms with Crippen LogP contribution in [0.1, 0.15) is 22.4 Å². The summed E-state index contributed by atoms with van der Waals surface area (Å²) >= 11 is 0. The lowest BCUT2D eigenvalue weighted by atomic mass is 10.1. The molecule has 0 saturated carbocycles. The van der Waals surface area contributed by atoms with Crippen molar-refractivity contribution in [3.05, 3.63) is 77.0 Å². The molecule has 0 aliphatic carbocycles. The van der Waals surface area contributed by atoms with Gasteiger partial charge < -0.3 is 0 Å². The fourth-order valence-electron chi connectivity index (χ4n) is 2.25. The average Bonchev–Trinajstić information content (AvgIpc) is 2.53. The summed E-state index contributed by atoms with van der Waals surface area (Å²) in [6.07, 6.45) is 3.94. The smallest absolute Gasteiger partial charge is 0.0991 e. The van der Waals surface area contributed by atoms with Crippen LogP contribution in [0.5, 0.6) is 0 Å². The van der Waals surface area contributed by atoms with Crippen molar-refractivity contribution in [1.29, 1.82) is 5.26 Å². The van der Waals surface area contributed by atoms with Crippen LogP contribution in [-0.2, 0) is 0 Å².